The lowest BCUT2D eigenvalue weighted by atomic mass is 9.96. The second-order valence-electron chi connectivity index (χ2n) is 31.1. The van der Waals surface area contributed by atoms with Crippen molar-refractivity contribution < 1.29 is 101 Å². The van der Waals surface area contributed by atoms with E-state index in [0.717, 1.165) is 135 Å². The van der Waals surface area contributed by atoms with Gasteiger partial charge in [-0.15, -0.1) is 0 Å². The van der Waals surface area contributed by atoms with Gasteiger partial charge in [0.05, 0.1) is 13.2 Å². The summed E-state index contributed by atoms with van der Waals surface area (Å²) in [6.45, 7) is 30.5. The van der Waals surface area contributed by atoms with Crippen LogP contribution in [0, 0.1) is 0 Å². The lowest BCUT2D eigenvalue weighted by molar-refractivity contribution is -0.261. The molecule has 0 bridgehead atoms. The van der Waals surface area contributed by atoms with E-state index in [1.54, 1.807) is 6.92 Å². The number of allylic oxidation sites excluding steroid dienone is 21. The third-order valence-corrected chi connectivity index (χ3v) is 22.1. The molecule has 116 heavy (non-hydrogen) atoms. The lowest BCUT2D eigenvalue weighted by Gasteiger charge is -2.44. The van der Waals surface area contributed by atoms with Gasteiger partial charge in [-0.2, -0.15) is 4.31 Å². The van der Waals surface area contributed by atoms with Gasteiger partial charge in [-0.25, -0.2) is 9.13 Å². The molecule has 6 amide bonds. The summed E-state index contributed by atoms with van der Waals surface area (Å²) in [6.07, 6.45) is 35.5. The van der Waals surface area contributed by atoms with Gasteiger partial charge in [0, 0.05) is 13.3 Å². The molecule has 4 unspecified atom stereocenters. The number of carbonyl (C=O) groups excluding carboxylic acids is 6. The maximum atomic E-state index is 13.7. The number of carbonyl (C=O) groups is 8. The van der Waals surface area contributed by atoms with Gasteiger partial charge in [0.1, 0.15) is 60.7 Å². The number of ether oxygens (including phenoxy) is 2. The number of hydrogen-bond acceptors (Lipinski definition) is 18. The highest BCUT2D eigenvalue weighted by Gasteiger charge is 2.51. The number of aliphatic hydroxyl groups is 2. The summed E-state index contributed by atoms with van der Waals surface area (Å²) in [5.74, 6) is -8.48. The number of carboxylic acid groups (broad SMARTS) is 2. The number of phosphoric acid groups is 2. The molecule has 1 fully saturated rings. The summed E-state index contributed by atoms with van der Waals surface area (Å²) in [6, 6.07) is -8.95. The molecule has 0 radical (unpaired) electrons. The van der Waals surface area contributed by atoms with Crippen LogP contribution in [0.4, 0.5) is 0 Å². The quantitative estimate of drug-likeness (QED) is 0.0153. The Labute approximate surface area is 691 Å². The molecule has 1 heterocycles. The van der Waals surface area contributed by atoms with Gasteiger partial charge in [-0.05, 0) is 271 Å². The molecule has 1 rings (SSSR count). The van der Waals surface area contributed by atoms with Crippen molar-refractivity contribution in [2.75, 3.05) is 19.8 Å². The molecule has 1 saturated heterocycles. The zero-order chi connectivity index (χ0) is 87.7. The highest BCUT2D eigenvalue weighted by atomic mass is 31.3. The predicted octanol–water partition coefficient (Wildman–Crippen LogP) is 14.4. The fourth-order valence-electron chi connectivity index (χ4n) is 12.2. The minimum atomic E-state index is -5.75. The minimum absolute atomic E-state index is 0.0354. The third-order valence-electron chi connectivity index (χ3n) is 19.5. The molecule has 0 aromatic carbocycles. The summed E-state index contributed by atoms with van der Waals surface area (Å²) >= 11 is 0. The fourth-order valence-corrected chi connectivity index (χ4v) is 14.2. The molecule has 0 aliphatic carbocycles. The summed E-state index contributed by atoms with van der Waals surface area (Å²) in [5, 5.41) is 54.2. The molecule has 0 aromatic heterocycles. The second kappa shape index (κ2) is 58.8. The van der Waals surface area contributed by atoms with Gasteiger partial charge in [0.15, 0.2) is 6.29 Å². The van der Waals surface area contributed by atoms with Crippen molar-refractivity contribution in [2.45, 2.75) is 345 Å². The molecule has 14 N–H and O–H groups in total. The maximum Gasteiger partial charge on any atom is 0.483 e. The summed E-state index contributed by atoms with van der Waals surface area (Å²) < 4.78 is 52.5. The van der Waals surface area contributed by atoms with Crippen LogP contribution in [-0.4, -0.2) is 164 Å². The van der Waals surface area contributed by atoms with Gasteiger partial charge in [0.25, 0.3) is 0 Å². The van der Waals surface area contributed by atoms with Crippen molar-refractivity contribution in [3.05, 3.63) is 128 Å². The SMILES string of the molecule is CC(=O)N[C@H]1C(OP(=O)(O)OP(=O)(O)OC/C=C(\C)CC/C=C(\C)CC/C=C(\C)CC/C=C(\C)CC/C=C(\C)CC/C=C(\C)CC/C=C(\C)CC/C=C(\C)CC/C=C(\C)CC/C=C(\C)CCC=C(C)C)O[C@H](CO)[C@@H](O)[C@@H]1OC(C)C(=O)N[C@@H](C)C(=O)N[C@H](CCC(=O)O)C(=O)N[C@@H](CCCCN)C(=O)N[C@H](C)C(=O)N[C@H](C)C(=O)O. The first kappa shape index (κ1) is 107. The number of nitrogens with two attached hydrogens (primary N) is 1. The number of phosphoric ester groups is 2. The van der Waals surface area contributed by atoms with E-state index in [-0.39, 0.29) is 19.4 Å². The Morgan fingerprint density at radius 1 is 0.448 bits per heavy atom. The van der Waals surface area contributed by atoms with Crippen LogP contribution in [0.3, 0.4) is 0 Å². The Morgan fingerprint density at radius 2 is 0.793 bits per heavy atom. The number of amides is 6. The summed E-state index contributed by atoms with van der Waals surface area (Å²) in [4.78, 5) is 124. The number of nitrogens with one attached hydrogen (secondary N) is 6. The van der Waals surface area contributed by atoms with E-state index in [4.69, 9.17) is 24.3 Å². The monoisotopic (exact) mass is 1670 g/mol. The van der Waals surface area contributed by atoms with Crippen molar-refractivity contribution in [1.82, 2.24) is 31.9 Å². The van der Waals surface area contributed by atoms with E-state index in [1.807, 2.05) is 0 Å². The van der Waals surface area contributed by atoms with E-state index in [0.29, 0.717) is 19.3 Å². The zero-order valence-electron chi connectivity index (χ0n) is 72.3. The Balaban J connectivity index is 2.75. The predicted molar refractivity (Wildman–Crippen MR) is 455 cm³/mol. The molecule has 658 valence electrons. The van der Waals surface area contributed by atoms with E-state index < -0.39 is 156 Å². The topological polar surface area (TPSA) is 436 Å². The minimum Gasteiger partial charge on any atom is -0.481 e. The normalized spacial score (nSPS) is 19.8. The van der Waals surface area contributed by atoms with Crippen LogP contribution in [0.2, 0.25) is 0 Å². The average Bonchev–Trinajstić information content (AvgIpc) is 0.784. The number of aliphatic carboxylic acids is 2. The highest BCUT2D eigenvalue weighted by Crippen LogP contribution is 2.61. The zero-order valence-corrected chi connectivity index (χ0v) is 74.1. The third kappa shape index (κ3) is 50.0. The van der Waals surface area contributed by atoms with Gasteiger partial charge in [-0.1, -0.05) is 128 Å². The van der Waals surface area contributed by atoms with Gasteiger partial charge in [-0.3, -0.25) is 47.4 Å². The van der Waals surface area contributed by atoms with Crippen molar-refractivity contribution >= 4 is 63.0 Å². The first-order chi connectivity index (χ1) is 54.5. The van der Waals surface area contributed by atoms with Crippen molar-refractivity contribution in [3.8, 4) is 0 Å². The number of hydrogen-bond donors (Lipinski definition) is 13. The molecule has 0 spiro atoms. The number of carboxylic acids is 2. The molecular formula is C86H143N7O21P2. The van der Waals surface area contributed by atoms with E-state index >= 15 is 0 Å². The Bertz CT molecular complexity index is 3590. The Kier molecular flexibility index (Phi) is 54.2. The first-order valence-electron chi connectivity index (χ1n) is 40.9. The first-order valence-corrected chi connectivity index (χ1v) is 43.9. The van der Waals surface area contributed by atoms with Crippen LogP contribution in [0.1, 0.15) is 278 Å². The van der Waals surface area contributed by atoms with Crippen LogP contribution < -0.4 is 37.6 Å². The molecule has 13 atom stereocenters. The molecule has 0 aromatic rings. The average molecular weight is 1670 g/mol. The molecule has 28 nitrogen and oxygen atoms in total. The maximum absolute atomic E-state index is 13.7. The summed E-state index contributed by atoms with van der Waals surface area (Å²) in [7, 11) is -11.2. The standard InChI is InChI=1S/C86H143N7O21P2/c1-57(2)30-20-31-58(3)32-21-33-59(4)34-22-35-60(5)36-23-37-61(6)38-24-39-62(7)40-25-41-63(8)42-26-43-64(9)44-27-45-65(10)46-28-47-66(11)48-29-49-67(12)53-55-110-115(106,107)114-116(108,109)113-86-77(91-72(17)95)79(78(98)75(56-94)112-86)111-71(16)82(101)88-69(14)81(100)92-74(51-52-76(96)97)84(103)93-73(50-18-19-54-87)83(102)89-68(13)80(99)90-70(15)85(104)105/h30,32,34,36,38,40,42,44,46,48,53,68-71,73-75,77-79,86,94,98H,18-29,31,33,35,37,39,41,43,45,47,49-52,54-56,87H2,1-17H3,(H,88,101)(H,89,102)(H,90,99)(H,91,95)(H,92,100)(H,93,103)(H,96,97)(H,104,105)(H,106,107)(H,108,109)/b58-32+,59-34+,60-36+,61-38+,62-40+,63-42+,64-44+,65-46+,66-48+,67-53+/t68-,69+,70-,71?,73+,74-,75-,77-,78-,79-,86?/m1/s1. The van der Waals surface area contributed by atoms with E-state index in [9.17, 15) is 77.7 Å². The number of unbranched alkanes of at least 4 members (excludes halogenated alkanes) is 1. The second-order valence-corrected chi connectivity index (χ2v) is 34.1. The molecule has 1 aliphatic heterocycles. The van der Waals surface area contributed by atoms with Gasteiger partial charge in [0.2, 0.25) is 35.4 Å². The Morgan fingerprint density at radius 3 is 1.16 bits per heavy atom. The Hall–Kier alpha value is -7.04. The molecule has 30 heteroatoms. The van der Waals surface area contributed by atoms with Crippen molar-refractivity contribution in [1.29, 1.82) is 0 Å². The smallest absolute Gasteiger partial charge is 0.481 e. The van der Waals surface area contributed by atoms with E-state index in [2.05, 4.69) is 173 Å². The largest absolute Gasteiger partial charge is 0.483 e. The van der Waals surface area contributed by atoms with Gasteiger partial charge >= 0.3 is 27.6 Å². The van der Waals surface area contributed by atoms with Crippen LogP contribution in [0.15, 0.2) is 128 Å². The lowest BCUT2D eigenvalue weighted by Crippen LogP contribution is -2.66. The number of rotatable bonds is 59. The van der Waals surface area contributed by atoms with Crippen LogP contribution in [0.25, 0.3) is 0 Å². The number of aliphatic hydroxyl groups excluding tert-OH is 2. The highest BCUT2D eigenvalue weighted by molar-refractivity contribution is 7.61. The molecule has 0 saturated carbocycles. The molecule has 1 aliphatic rings. The van der Waals surface area contributed by atoms with Crippen molar-refractivity contribution in [2.24, 2.45) is 5.73 Å². The fraction of sp³-hybridized carbons (Fsp3) is 0.651. The summed E-state index contributed by atoms with van der Waals surface area (Å²) in [5.41, 5.74) is 20.6. The van der Waals surface area contributed by atoms with E-state index in [1.165, 1.54) is 82.6 Å². The van der Waals surface area contributed by atoms with Crippen LogP contribution in [-0.2, 0) is 70.3 Å². The van der Waals surface area contributed by atoms with Gasteiger partial charge < -0.3 is 77.3 Å². The van der Waals surface area contributed by atoms with Crippen molar-refractivity contribution in [3.63, 3.8) is 0 Å². The van der Waals surface area contributed by atoms with Crippen LogP contribution >= 0.6 is 15.6 Å². The van der Waals surface area contributed by atoms with Crippen LogP contribution in [0.5, 0.6) is 0 Å². The molecular weight excluding hydrogens is 1530 g/mol.